The first-order valence-corrected chi connectivity index (χ1v) is 5.48. The van der Waals surface area contributed by atoms with Gasteiger partial charge in [-0.15, -0.1) is 0 Å². The molecule has 2 aromatic rings. The third-order valence-electron chi connectivity index (χ3n) is 2.86. The number of aliphatic hydroxyl groups is 1. The summed E-state index contributed by atoms with van der Waals surface area (Å²) in [5.74, 6) is -4.99. The van der Waals surface area contributed by atoms with Gasteiger partial charge in [-0.25, -0.2) is 17.6 Å². The fourth-order valence-electron chi connectivity index (χ4n) is 1.82. The van der Waals surface area contributed by atoms with Crippen LogP contribution in [0, 0.1) is 30.2 Å². The summed E-state index contributed by atoms with van der Waals surface area (Å²) < 4.78 is 52.1. The molecular formula is C14H10F4O. The molecule has 0 saturated carbocycles. The van der Waals surface area contributed by atoms with Crippen LogP contribution in [-0.4, -0.2) is 5.11 Å². The Balaban J connectivity index is 2.49. The van der Waals surface area contributed by atoms with Gasteiger partial charge in [0, 0.05) is 0 Å². The number of aryl methyl sites for hydroxylation is 1. The van der Waals surface area contributed by atoms with Gasteiger partial charge in [-0.05, 0) is 47.9 Å². The Hall–Kier alpha value is -1.88. The zero-order valence-electron chi connectivity index (χ0n) is 9.92. The molecule has 0 heterocycles. The van der Waals surface area contributed by atoms with Gasteiger partial charge in [-0.1, -0.05) is 6.07 Å². The second kappa shape index (κ2) is 5.01. The Bertz CT molecular complexity index is 602. The number of hydrogen-bond acceptors (Lipinski definition) is 1. The highest BCUT2D eigenvalue weighted by molar-refractivity contribution is 5.36. The molecule has 0 amide bonds. The topological polar surface area (TPSA) is 20.2 Å². The molecule has 0 spiro atoms. The number of aliphatic hydroxyl groups excluding tert-OH is 1. The van der Waals surface area contributed by atoms with Gasteiger partial charge in [0.25, 0.3) is 0 Å². The Morgan fingerprint density at radius 3 is 2.11 bits per heavy atom. The van der Waals surface area contributed by atoms with E-state index in [1.807, 2.05) is 0 Å². The second-order valence-corrected chi connectivity index (χ2v) is 4.20. The molecule has 0 aliphatic heterocycles. The van der Waals surface area contributed by atoms with Gasteiger partial charge in [-0.2, -0.15) is 0 Å². The molecule has 2 rings (SSSR count). The van der Waals surface area contributed by atoms with Gasteiger partial charge in [0.1, 0.15) is 11.9 Å². The van der Waals surface area contributed by atoms with E-state index in [2.05, 4.69) is 0 Å². The molecular weight excluding hydrogens is 260 g/mol. The molecule has 1 unspecified atom stereocenters. The average Bonchev–Trinajstić information content (AvgIpc) is 2.37. The fourth-order valence-corrected chi connectivity index (χ4v) is 1.82. The quantitative estimate of drug-likeness (QED) is 0.652. The van der Waals surface area contributed by atoms with Crippen LogP contribution in [0.3, 0.4) is 0 Å². The molecule has 1 N–H and O–H groups in total. The Morgan fingerprint density at radius 2 is 1.53 bits per heavy atom. The largest absolute Gasteiger partial charge is 0.384 e. The molecule has 1 nitrogen and oxygen atoms in total. The third-order valence-corrected chi connectivity index (χ3v) is 2.86. The van der Waals surface area contributed by atoms with E-state index >= 15 is 0 Å². The van der Waals surface area contributed by atoms with Crippen LogP contribution in [0.15, 0.2) is 30.3 Å². The van der Waals surface area contributed by atoms with E-state index in [-0.39, 0.29) is 11.1 Å². The summed E-state index contributed by atoms with van der Waals surface area (Å²) in [6.07, 6.45) is -1.43. The Morgan fingerprint density at radius 1 is 0.947 bits per heavy atom. The Kier molecular flexibility index (Phi) is 3.57. The SMILES string of the molecule is Cc1ccc(F)cc1C(O)c1cc(F)c(F)c(F)c1. The number of benzene rings is 2. The highest BCUT2D eigenvalue weighted by Crippen LogP contribution is 2.27. The first-order chi connectivity index (χ1) is 8.90. The summed E-state index contributed by atoms with van der Waals surface area (Å²) in [6, 6.07) is 5.08. The molecule has 0 bridgehead atoms. The summed E-state index contributed by atoms with van der Waals surface area (Å²) >= 11 is 0. The molecule has 100 valence electrons. The zero-order valence-corrected chi connectivity index (χ0v) is 9.92. The number of rotatable bonds is 2. The number of hydrogen-bond donors (Lipinski definition) is 1. The van der Waals surface area contributed by atoms with Crippen molar-refractivity contribution in [3.63, 3.8) is 0 Å². The van der Waals surface area contributed by atoms with Crippen molar-refractivity contribution in [3.8, 4) is 0 Å². The summed E-state index contributed by atoms with van der Waals surface area (Å²) in [7, 11) is 0. The Labute approximate surface area is 107 Å². The van der Waals surface area contributed by atoms with Crippen molar-refractivity contribution < 1.29 is 22.7 Å². The van der Waals surface area contributed by atoms with E-state index in [4.69, 9.17) is 0 Å². The minimum Gasteiger partial charge on any atom is -0.384 e. The van der Waals surface area contributed by atoms with Crippen LogP contribution < -0.4 is 0 Å². The van der Waals surface area contributed by atoms with Gasteiger partial charge in [0.2, 0.25) is 0 Å². The molecule has 0 aromatic heterocycles. The lowest BCUT2D eigenvalue weighted by molar-refractivity contribution is 0.217. The van der Waals surface area contributed by atoms with Crippen molar-refractivity contribution in [2.24, 2.45) is 0 Å². The maximum Gasteiger partial charge on any atom is 0.194 e. The zero-order chi connectivity index (χ0) is 14.2. The molecule has 2 aromatic carbocycles. The van der Waals surface area contributed by atoms with Gasteiger partial charge in [0.05, 0.1) is 0 Å². The standard InChI is InChI=1S/C14H10F4O/c1-7-2-3-9(15)6-10(7)14(19)8-4-11(16)13(18)12(17)5-8/h2-6,14,19H,1H3. The van der Waals surface area contributed by atoms with E-state index in [1.54, 1.807) is 6.92 Å². The van der Waals surface area contributed by atoms with Gasteiger partial charge in [-0.3, -0.25) is 0 Å². The summed E-state index contributed by atoms with van der Waals surface area (Å²) in [6.45, 7) is 1.62. The van der Waals surface area contributed by atoms with Crippen LogP contribution in [0.4, 0.5) is 17.6 Å². The van der Waals surface area contributed by atoms with Crippen molar-refractivity contribution in [2.75, 3.05) is 0 Å². The molecule has 1 atom stereocenters. The van der Waals surface area contributed by atoms with Crippen LogP contribution in [0.1, 0.15) is 22.8 Å². The molecule has 19 heavy (non-hydrogen) atoms. The highest BCUT2D eigenvalue weighted by atomic mass is 19.2. The normalized spacial score (nSPS) is 12.5. The van der Waals surface area contributed by atoms with Crippen LogP contribution in [-0.2, 0) is 0 Å². The van der Waals surface area contributed by atoms with Crippen LogP contribution in [0.25, 0.3) is 0 Å². The lowest BCUT2D eigenvalue weighted by Gasteiger charge is -2.14. The van der Waals surface area contributed by atoms with Crippen molar-refractivity contribution in [1.82, 2.24) is 0 Å². The van der Waals surface area contributed by atoms with Crippen LogP contribution in [0.2, 0.25) is 0 Å². The molecule has 0 aliphatic rings. The molecule has 5 heteroatoms. The van der Waals surface area contributed by atoms with Crippen molar-refractivity contribution in [3.05, 3.63) is 70.3 Å². The van der Waals surface area contributed by atoms with E-state index in [0.29, 0.717) is 17.7 Å². The average molecular weight is 270 g/mol. The third kappa shape index (κ3) is 2.61. The van der Waals surface area contributed by atoms with Crippen molar-refractivity contribution in [1.29, 1.82) is 0 Å². The molecule has 0 fully saturated rings. The second-order valence-electron chi connectivity index (χ2n) is 4.20. The minimum atomic E-state index is -1.60. The number of halogens is 4. The fraction of sp³-hybridized carbons (Fsp3) is 0.143. The van der Waals surface area contributed by atoms with Gasteiger partial charge < -0.3 is 5.11 Å². The maximum absolute atomic E-state index is 13.1. The van der Waals surface area contributed by atoms with Crippen LogP contribution in [0.5, 0.6) is 0 Å². The predicted octanol–water partition coefficient (Wildman–Crippen LogP) is 3.63. The maximum atomic E-state index is 13.1. The summed E-state index contributed by atoms with van der Waals surface area (Å²) in [5.41, 5.74) is 0.551. The highest BCUT2D eigenvalue weighted by Gasteiger charge is 2.18. The van der Waals surface area contributed by atoms with Gasteiger partial charge >= 0.3 is 0 Å². The van der Waals surface area contributed by atoms with Crippen LogP contribution >= 0.6 is 0 Å². The molecule has 0 aliphatic carbocycles. The minimum absolute atomic E-state index is 0.172. The first kappa shape index (κ1) is 13.5. The van der Waals surface area contributed by atoms with E-state index in [0.717, 1.165) is 6.07 Å². The predicted molar refractivity (Wildman–Crippen MR) is 61.5 cm³/mol. The van der Waals surface area contributed by atoms with Gasteiger partial charge in [0.15, 0.2) is 17.5 Å². The molecule has 0 saturated heterocycles. The van der Waals surface area contributed by atoms with Crippen molar-refractivity contribution >= 4 is 0 Å². The molecule has 0 radical (unpaired) electrons. The summed E-state index contributed by atoms with van der Waals surface area (Å²) in [5, 5.41) is 10.0. The lowest BCUT2D eigenvalue weighted by Crippen LogP contribution is -2.05. The van der Waals surface area contributed by atoms with E-state index in [1.165, 1.54) is 12.1 Å². The first-order valence-electron chi connectivity index (χ1n) is 5.48. The monoisotopic (exact) mass is 270 g/mol. The lowest BCUT2D eigenvalue weighted by atomic mass is 9.97. The van der Waals surface area contributed by atoms with Crippen molar-refractivity contribution in [2.45, 2.75) is 13.0 Å². The van der Waals surface area contributed by atoms with E-state index in [9.17, 15) is 22.7 Å². The van der Waals surface area contributed by atoms with E-state index < -0.39 is 29.4 Å². The smallest absolute Gasteiger partial charge is 0.194 e. The summed E-state index contributed by atoms with van der Waals surface area (Å²) in [4.78, 5) is 0.